The highest BCUT2D eigenvalue weighted by Gasteiger charge is 2.21. The Hall–Kier alpha value is -4.39. The largest absolute Gasteiger partial charge is 0.489 e. The molecular weight excluding hydrogens is 435 g/mol. The van der Waals surface area contributed by atoms with E-state index in [-0.39, 0.29) is 17.0 Å². The molecule has 0 aliphatic rings. The standard InChI is InChI=1S/C27H23FN2O4/c1-17-23(15-25(30(17)2)24-14-19(28)8-13-22(24)27(32)33)26(31)29-20-9-11-21(12-10-20)34-16-18-6-4-3-5-7-18/h3-15H,16H2,1-2H3,(H,29,31)(H,32,33). The van der Waals surface area contributed by atoms with Gasteiger partial charge in [-0.05, 0) is 61.0 Å². The predicted octanol–water partition coefficient (Wildman–Crippen LogP) is 5.67. The molecule has 172 valence electrons. The minimum atomic E-state index is -1.17. The Morgan fingerprint density at radius 1 is 0.971 bits per heavy atom. The van der Waals surface area contributed by atoms with Crippen molar-refractivity contribution in [2.45, 2.75) is 13.5 Å². The number of hydrogen-bond acceptors (Lipinski definition) is 3. The van der Waals surface area contributed by atoms with Crippen molar-refractivity contribution >= 4 is 17.6 Å². The Balaban J connectivity index is 1.51. The average Bonchev–Trinajstić information content (AvgIpc) is 3.13. The van der Waals surface area contributed by atoms with E-state index in [1.54, 1.807) is 48.9 Å². The van der Waals surface area contributed by atoms with Crippen molar-refractivity contribution in [3.8, 4) is 17.0 Å². The van der Waals surface area contributed by atoms with Gasteiger partial charge in [-0.2, -0.15) is 0 Å². The first-order valence-corrected chi connectivity index (χ1v) is 10.6. The maximum absolute atomic E-state index is 13.9. The number of aromatic carboxylic acids is 1. The lowest BCUT2D eigenvalue weighted by molar-refractivity contribution is 0.0697. The third-order valence-corrected chi connectivity index (χ3v) is 5.63. The summed E-state index contributed by atoms with van der Waals surface area (Å²) in [6.07, 6.45) is 0. The van der Waals surface area contributed by atoms with Gasteiger partial charge in [-0.3, -0.25) is 4.79 Å². The molecule has 4 rings (SSSR count). The van der Waals surface area contributed by atoms with E-state index in [4.69, 9.17) is 4.74 Å². The van der Waals surface area contributed by atoms with Gasteiger partial charge < -0.3 is 19.7 Å². The second-order valence-electron chi connectivity index (χ2n) is 7.84. The maximum atomic E-state index is 13.9. The molecule has 1 aromatic heterocycles. The van der Waals surface area contributed by atoms with Gasteiger partial charge in [0.25, 0.3) is 5.91 Å². The number of carboxylic acids is 1. The Kier molecular flexibility index (Phi) is 6.45. The second-order valence-corrected chi connectivity index (χ2v) is 7.84. The summed E-state index contributed by atoms with van der Waals surface area (Å²) in [4.78, 5) is 24.6. The highest BCUT2D eigenvalue weighted by atomic mass is 19.1. The summed E-state index contributed by atoms with van der Waals surface area (Å²) in [6.45, 7) is 2.19. The quantitative estimate of drug-likeness (QED) is 0.374. The molecule has 34 heavy (non-hydrogen) atoms. The van der Waals surface area contributed by atoms with Gasteiger partial charge >= 0.3 is 5.97 Å². The third-order valence-electron chi connectivity index (χ3n) is 5.63. The summed E-state index contributed by atoms with van der Waals surface area (Å²) < 4.78 is 21.3. The van der Waals surface area contributed by atoms with Gasteiger partial charge in [-0.1, -0.05) is 30.3 Å². The molecule has 1 amide bonds. The van der Waals surface area contributed by atoms with Crippen LogP contribution in [0.25, 0.3) is 11.3 Å². The van der Waals surface area contributed by atoms with Gasteiger partial charge in [0.05, 0.1) is 11.1 Å². The maximum Gasteiger partial charge on any atom is 0.336 e. The average molecular weight is 458 g/mol. The molecule has 4 aromatic rings. The van der Waals surface area contributed by atoms with Crippen LogP contribution in [-0.4, -0.2) is 21.6 Å². The van der Waals surface area contributed by atoms with Gasteiger partial charge in [0, 0.05) is 29.7 Å². The molecule has 0 aliphatic heterocycles. The van der Waals surface area contributed by atoms with E-state index >= 15 is 0 Å². The molecule has 0 atom stereocenters. The van der Waals surface area contributed by atoms with Crippen LogP contribution >= 0.6 is 0 Å². The van der Waals surface area contributed by atoms with Crippen LogP contribution in [-0.2, 0) is 13.7 Å². The molecule has 0 bridgehead atoms. The number of ether oxygens (including phenoxy) is 1. The van der Waals surface area contributed by atoms with Crippen LogP contribution in [0.4, 0.5) is 10.1 Å². The molecule has 3 aromatic carbocycles. The number of nitrogens with zero attached hydrogens (tertiary/aromatic N) is 1. The van der Waals surface area contributed by atoms with E-state index in [9.17, 15) is 19.1 Å². The lowest BCUT2D eigenvalue weighted by Gasteiger charge is -2.09. The molecule has 0 aliphatic carbocycles. The number of carboxylic acid groups (broad SMARTS) is 1. The number of amides is 1. The summed E-state index contributed by atoms with van der Waals surface area (Å²) in [5.74, 6) is -1.41. The van der Waals surface area contributed by atoms with Crippen molar-refractivity contribution in [2.24, 2.45) is 7.05 Å². The van der Waals surface area contributed by atoms with Gasteiger partial charge in [-0.25, -0.2) is 9.18 Å². The smallest absolute Gasteiger partial charge is 0.336 e. The first-order valence-electron chi connectivity index (χ1n) is 10.6. The number of carbonyl (C=O) groups is 2. The number of benzene rings is 3. The van der Waals surface area contributed by atoms with Crippen LogP contribution in [0.2, 0.25) is 0 Å². The van der Waals surface area contributed by atoms with Crippen LogP contribution in [0, 0.1) is 12.7 Å². The number of hydrogen-bond donors (Lipinski definition) is 2. The third kappa shape index (κ3) is 4.83. The van der Waals surface area contributed by atoms with Crippen LogP contribution in [0.15, 0.2) is 78.9 Å². The lowest BCUT2D eigenvalue weighted by atomic mass is 10.0. The fourth-order valence-corrected chi connectivity index (χ4v) is 3.68. The Labute approximate surface area is 196 Å². The summed E-state index contributed by atoms with van der Waals surface area (Å²) >= 11 is 0. The molecule has 0 unspecified atom stereocenters. The van der Waals surface area contributed by atoms with E-state index in [0.717, 1.165) is 17.7 Å². The van der Waals surface area contributed by atoms with Gasteiger partial charge in [-0.15, -0.1) is 0 Å². The van der Waals surface area contributed by atoms with Crippen molar-refractivity contribution in [1.82, 2.24) is 4.57 Å². The van der Waals surface area contributed by atoms with E-state index in [0.29, 0.717) is 35.0 Å². The summed E-state index contributed by atoms with van der Waals surface area (Å²) in [7, 11) is 1.71. The second kappa shape index (κ2) is 9.62. The normalized spacial score (nSPS) is 10.7. The predicted molar refractivity (Wildman–Crippen MR) is 128 cm³/mol. The minimum absolute atomic E-state index is 0.0416. The number of aromatic nitrogens is 1. The zero-order chi connectivity index (χ0) is 24.2. The Morgan fingerprint density at radius 3 is 2.35 bits per heavy atom. The molecule has 0 fully saturated rings. The molecule has 7 heteroatoms. The SMILES string of the molecule is Cc1c(C(=O)Nc2ccc(OCc3ccccc3)cc2)cc(-c2cc(F)ccc2C(=O)O)n1C. The first-order chi connectivity index (χ1) is 16.3. The highest BCUT2D eigenvalue weighted by molar-refractivity contribution is 6.06. The Bertz CT molecular complexity index is 1350. The van der Waals surface area contributed by atoms with Crippen LogP contribution in [0.3, 0.4) is 0 Å². The van der Waals surface area contributed by atoms with Gasteiger partial charge in [0.15, 0.2) is 0 Å². The summed E-state index contributed by atoms with van der Waals surface area (Å²) in [5, 5.41) is 12.3. The Morgan fingerprint density at radius 2 is 1.68 bits per heavy atom. The number of rotatable bonds is 7. The summed E-state index contributed by atoms with van der Waals surface area (Å²) in [6, 6.07) is 21.9. The first kappa shape index (κ1) is 22.8. The van der Waals surface area contributed by atoms with Crippen molar-refractivity contribution in [3.05, 3.63) is 107 Å². The van der Waals surface area contributed by atoms with Crippen LogP contribution in [0.5, 0.6) is 5.75 Å². The molecule has 0 radical (unpaired) electrons. The van der Waals surface area contributed by atoms with Gasteiger partial charge in [0.1, 0.15) is 18.2 Å². The molecule has 0 saturated heterocycles. The fourth-order valence-electron chi connectivity index (χ4n) is 3.68. The number of carbonyl (C=O) groups excluding carboxylic acids is 1. The van der Waals surface area contributed by atoms with Crippen molar-refractivity contribution in [2.75, 3.05) is 5.32 Å². The molecule has 0 spiro atoms. The minimum Gasteiger partial charge on any atom is -0.489 e. The number of halogens is 1. The van der Waals surface area contributed by atoms with Crippen molar-refractivity contribution in [3.63, 3.8) is 0 Å². The zero-order valence-corrected chi connectivity index (χ0v) is 18.7. The lowest BCUT2D eigenvalue weighted by Crippen LogP contribution is -2.12. The van der Waals surface area contributed by atoms with E-state index < -0.39 is 11.8 Å². The number of anilines is 1. The molecule has 2 N–H and O–H groups in total. The van der Waals surface area contributed by atoms with E-state index in [1.807, 2.05) is 30.3 Å². The zero-order valence-electron chi connectivity index (χ0n) is 18.7. The van der Waals surface area contributed by atoms with Gasteiger partial charge in [0.2, 0.25) is 0 Å². The van der Waals surface area contributed by atoms with E-state index in [2.05, 4.69) is 5.32 Å². The van der Waals surface area contributed by atoms with E-state index in [1.165, 1.54) is 6.07 Å². The van der Waals surface area contributed by atoms with Crippen LogP contribution in [0.1, 0.15) is 32.0 Å². The molecular formula is C27H23FN2O4. The topological polar surface area (TPSA) is 80.6 Å². The fraction of sp³-hybridized carbons (Fsp3) is 0.111. The molecule has 6 nitrogen and oxygen atoms in total. The highest BCUT2D eigenvalue weighted by Crippen LogP contribution is 2.29. The monoisotopic (exact) mass is 458 g/mol. The number of nitrogens with one attached hydrogen (secondary N) is 1. The van der Waals surface area contributed by atoms with Crippen LogP contribution < -0.4 is 10.1 Å². The molecule has 1 heterocycles. The summed E-state index contributed by atoms with van der Waals surface area (Å²) in [5.41, 5.74) is 3.22. The molecule has 0 saturated carbocycles. The van der Waals surface area contributed by atoms with Crippen molar-refractivity contribution < 1.29 is 23.8 Å². The van der Waals surface area contributed by atoms with Crippen molar-refractivity contribution in [1.29, 1.82) is 0 Å².